The monoisotopic (exact) mass is 336 g/mol. The molecule has 3 unspecified atom stereocenters. The second-order valence-electron chi connectivity index (χ2n) is 5.27. The van der Waals surface area contributed by atoms with Crippen LogP contribution in [0.15, 0.2) is 35.7 Å². The number of rotatable bonds is 4. The maximum atomic E-state index is 6.30. The van der Waals surface area contributed by atoms with Gasteiger partial charge in [-0.25, -0.2) is 4.98 Å². The number of hydrogen-bond donors (Lipinski definition) is 1. The second-order valence-corrected chi connectivity index (χ2v) is 8.89. The van der Waals surface area contributed by atoms with E-state index in [-0.39, 0.29) is 6.04 Å². The standard InChI is InChI=1S/C16H20N2S3/c1-11-15(20-8-7-19-11)16-18-13(10-21-16)9-14(17)12-5-3-2-4-6-12/h2-6,10-11,14-15H,7-9,17H2,1H3. The summed E-state index contributed by atoms with van der Waals surface area (Å²) >= 11 is 5.91. The highest BCUT2D eigenvalue weighted by Crippen LogP contribution is 2.43. The van der Waals surface area contributed by atoms with E-state index in [0.717, 1.165) is 12.1 Å². The van der Waals surface area contributed by atoms with Crippen LogP contribution in [0, 0.1) is 0 Å². The van der Waals surface area contributed by atoms with Crippen molar-refractivity contribution in [1.82, 2.24) is 4.98 Å². The van der Waals surface area contributed by atoms with Crippen LogP contribution in [0.4, 0.5) is 0 Å². The molecule has 3 rings (SSSR count). The highest BCUT2D eigenvalue weighted by Gasteiger charge is 2.26. The van der Waals surface area contributed by atoms with Gasteiger partial charge < -0.3 is 5.73 Å². The molecule has 0 amide bonds. The number of benzene rings is 1. The Bertz CT molecular complexity index is 570. The molecule has 2 nitrogen and oxygen atoms in total. The Kier molecular flexibility index (Phi) is 5.27. The lowest BCUT2D eigenvalue weighted by atomic mass is 10.0. The molecule has 1 saturated heterocycles. The number of thiazole rings is 1. The Morgan fingerprint density at radius 3 is 2.76 bits per heavy atom. The number of nitrogens with zero attached hydrogens (tertiary/aromatic N) is 1. The SMILES string of the molecule is CC1SCCSC1c1nc(CC(N)c2ccccc2)cs1. The summed E-state index contributed by atoms with van der Waals surface area (Å²) < 4.78 is 0. The summed E-state index contributed by atoms with van der Waals surface area (Å²) in [6.45, 7) is 2.32. The van der Waals surface area contributed by atoms with Gasteiger partial charge in [-0.1, -0.05) is 37.3 Å². The molecule has 2 aromatic rings. The van der Waals surface area contributed by atoms with Gasteiger partial charge in [-0.2, -0.15) is 11.8 Å². The Labute approximate surface area is 138 Å². The normalized spacial score (nSPS) is 23.9. The van der Waals surface area contributed by atoms with Crippen molar-refractivity contribution in [2.75, 3.05) is 11.5 Å². The summed E-state index contributed by atoms with van der Waals surface area (Å²) in [7, 11) is 0. The third kappa shape index (κ3) is 3.83. The number of hydrogen-bond acceptors (Lipinski definition) is 5. The van der Waals surface area contributed by atoms with Gasteiger partial charge in [0, 0.05) is 34.6 Å². The van der Waals surface area contributed by atoms with E-state index >= 15 is 0 Å². The molecule has 21 heavy (non-hydrogen) atoms. The lowest BCUT2D eigenvalue weighted by Gasteiger charge is -2.25. The first-order chi connectivity index (χ1) is 10.2. The van der Waals surface area contributed by atoms with Gasteiger partial charge in [0.2, 0.25) is 0 Å². The molecule has 5 heteroatoms. The van der Waals surface area contributed by atoms with E-state index in [0.29, 0.717) is 10.5 Å². The van der Waals surface area contributed by atoms with Crippen LogP contribution in [-0.2, 0) is 6.42 Å². The zero-order chi connectivity index (χ0) is 14.7. The first-order valence-electron chi connectivity index (χ1n) is 7.22. The van der Waals surface area contributed by atoms with Gasteiger partial charge in [0.15, 0.2) is 0 Å². The first kappa shape index (κ1) is 15.4. The molecule has 0 radical (unpaired) electrons. The van der Waals surface area contributed by atoms with E-state index in [1.54, 1.807) is 11.3 Å². The average molecular weight is 337 g/mol. The fourth-order valence-corrected chi connectivity index (χ4v) is 6.50. The topological polar surface area (TPSA) is 38.9 Å². The minimum absolute atomic E-state index is 0.0342. The maximum Gasteiger partial charge on any atom is 0.107 e. The van der Waals surface area contributed by atoms with Crippen LogP contribution in [0.3, 0.4) is 0 Å². The molecular formula is C16H20N2S3. The second kappa shape index (κ2) is 7.18. The van der Waals surface area contributed by atoms with E-state index in [1.165, 1.54) is 22.1 Å². The van der Waals surface area contributed by atoms with Crippen molar-refractivity contribution in [3.63, 3.8) is 0 Å². The summed E-state index contributed by atoms with van der Waals surface area (Å²) in [5.41, 5.74) is 8.61. The number of nitrogens with two attached hydrogens (primary N) is 1. The summed E-state index contributed by atoms with van der Waals surface area (Å²) in [6, 6.07) is 10.3. The Balaban J connectivity index is 1.67. The van der Waals surface area contributed by atoms with E-state index in [9.17, 15) is 0 Å². The fourth-order valence-electron chi connectivity index (χ4n) is 2.49. The molecular weight excluding hydrogens is 316 g/mol. The van der Waals surface area contributed by atoms with Crippen molar-refractivity contribution < 1.29 is 0 Å². The number of aromatic nitrogens is 1. The molecule has 1 aliphatic rings. The predicted octanol–water partition coefficient (Wildman–Crippen LogP) is 4.30. The lowest BCUT2D eigenvalue weighted by Crippen LogP contribution is -2.16. The molecule has 1 fully saturated rings. The molecule has 0 aliphatic carbocycles. The Hall–Kier alpha value is -0.490. The third-order valence-electron chi connectivity index (χ3n) is 3.66. The number of thioether (sulfide) groups is 2. The molecule has 2 N–H and O–H groups in total. The highest BCUT2D eigenvalue weighted by atomic mass is 32.2. The third-order valence-corrected chi connectivity index (χ3v) is 7.88. The quantitative estimate of drug-likeness (QED) is 0.904. The molecule has 112 valence electrons. The minimum atomic E-state index is 0.0342. The van der Waals surface area contributed by atoms with Gasteiger partial charge in [0.25, 0.3) is 0 Å². The predicted molar refractivity (Wildman–Crippen MR) is 96.3 cm³/mol. The van der Waals surface area contributed by atoms with Gasteiger partial charge in [0.1, 0.15) is 5.01 Å². The van der Waals surface area contributed by atoms with Crippen LogP contribution < -0.4 is 5.73 Å². The molecule has 0 saturated carbocycles. The molecule has 0 spiro atoms. The van der Waals surface area contributed by atoms with Crippen LogP contribution >= 0.6 is 34.9 Å². The van der Waals surface area contributed by atoms with Gasteiger partial charge in [0.05, 0.1) is 10.9 Å². The first-order valence-corrected chi connectivity index (χ1v) is 10.2. The Morgan fingerprint density at radius 1 is 1.24 bits per heavy atom. The summed E-state index contributed by atoms with van der Waals surface area (Å²) in [6.07, 6.45) is 0.819. The molecule has 1 aromatic heterocycles. The van der Waals surface area contributed by atoms with Crippen molar-refractivity contribution in [2.45, 2.75) is 29.9 Å². The van der Waals surface area contributed by atoms with E-state index < -0.39 is 0 Å². The van der Waals surface area contributed by atoms with Crippen molar-refractivity contribution >= 4 is 34.9 Å². The largest absolute Gasteiger partial charge is 0.324 e. The maximum absolute atomic E-state index is 6.30. The van der Waals surface area contributed by atoms with Crippen molar-refractivity contribution in [3.8, 4) is 0 Å². The molecule has 3 atom stereocenters. The van der Waals surface area contributed by atoms with E-state index in [2.05, 4.69) is 36.2 Å². The summed E-state index contributed by atoms with van der Waals surface area (Å²) in [5.74, 6) is 2.50. The molecule has 2 heterocycles. The van der Waals surface area contributed by atoms with Gasteiger partial charge >= 0.3 is 0 Å². The van der Waals surface area contributed by atoms with Crippen molar-refractivity contribution in [2.24, 2.45) is 5.73 Å². The molecule has 1 aliphatic heterocycles. The molecule has 0 bridgehead atoms. The van der Waals surface area contributed by atoms with E-state index in [1.807, 2.05) is 30.0 Å². The van der Waals surface area contributed by atoms with Crippen LogP contribution in [0.5, 0.6) is 0 Å². The van der Waals surface area contributed by atoms with Crippen LogP contribution in [0.2, 0.25) is 0 Å². The zero-order valence-corrected chi connectivity index (χ0v) is 14.5. The Morgan fingerprint density at radius 2 is 2.00 bits per heavy atom. The smallest absolute Gasteiger partial charge is 0.107 e. The van der Waals surface area contributed by atoms with Crippen molar-refractivity contribution in [3.05, 3.63) is 52.0 Å². The minimum Gasteiger partial charge on any atom is -0.324 e. The average Bonchev–Trinajstić information content (AvgIpc) is 2.97. The van der Waals surface area contributed by atoms with Crippen LogP contribution in [0.25, 0.3) is 0 Å². The highest BCUT2D eigenvalue weighted by molar-refractivity contribution is 8.06. The summed E-state index contributed by atoms with van der Waals surface area (Å²) in [5, 5.41) is 4.67. The van der Waals surface area contributed by atoms with Gasteiger partial charge in [-0.3, -0.25) is 0 Å². The summed E-state index contributed by atoms with van der Waals surface area (Å²) in [4.78, 5) is 4.85. The van der Waals surface area contributed by atoms with Gasteiger partial charge in [-0.15, -0.1) is 23.1 Å². The van der Waals surface area contributed by atoms with Crippen LogP contribution in [-0.4, -0.2) is 21.7 Å². The van der Waals surface area contributed by atoms with Gasteiger partial charge in [-0.05, 0) is 5.56 Å². The molecule has 1 aromatic carbocycles. The van der Waals surface area contributed by atoms with E-state index in [4.69, 9.17) is 10.7 Å². The zero-order valence-electron chi connectivity index (χ0n) is 12.1. The fraction of sp³-hybridized carbons (Fsp3) is 0.438. The van der Waals surface area contributed by atoms with Crippen molar-refractivity contribution in [1.29, 1.82) is 0 Å². The lowest BCUT2D eigenvalue weighted by molar-refractivity contribution is 0.706. The van der Waals surface area contributed by atoms with Crippen LogP contribution in [0.1, 0.15) is 34.5 Å².